The second-order valence-corrected chi connectivity index (χ2v) is 5.84. The molecule has 1 aromatic heterocycles. The van der Waals surface area contributed by atoms with Crippen LogP contribution in [0.3, 0.4) is 0 Å². The summed E-state index contributed by atoms with van der Waals surface area (Å²) >= 11 is 0. The van der Waals surface area contributed by atoms with Gasteiger partial charge in [0.15, 0.2) is 0 Å². The number of aromatic amines is 1. The van der Waals surface area contributed by atoms with E-state index in [1.165, 1.54) is 0 Å². The van der Waals surface area contributed by atoms with Crippen molar-refractivity contribution in [3.63, 3.8) is 0 Å². The fraction of sp³-hybridized carbons (Fsp3) is 0.0455. The van der Waals surface area contributed by atoms with Crippen LogP contribution in [-0.2, 0) is 0 Å². The second kappa shape index (κ2) is 6.18. The smallest absolute Gasteiger partial charge is 0.118 e. The van der Waals surface area contributed by atoms with E-state index in [9.17, 15) is 5.26 Å². The SMILES string of the molecule is COc1ccc(-c2c(-c3ccccc3)[nH]c3ccc(C#N)cc23)cc1. The first-order valence-corrected chi connectivity index (χ1v) is 8.06. The molecule has 0 spiro atoms. The number of aromatic nitrogens is 1. The maximum atomic E-state index is 9.27. The van der Waals surface area contributed by atoms with Gasteiger partial charge in [0.1, 0.15) is 5.75 Å². The summed E-state index contributed by atoms with van der Waals surface area (Å²) in [6, 6.07) is 26.2. The Labute approximate surface area is 146 Å². The molecule has 0 saturated heterocycles. The highest BCUT2D eigenvalue weighted by Gasteiger charge is 2.15. The van der Waals surface area contributed by atoms with E-state index in [2.05, 4.69) is 23.2 Å². The first kappa shape index (κ1) is 15.0. The third kappa shape index (κ3) is 2.64. The van der Waals surface area contributed by atoms with Crippen molar-refractivity contribution in [2.45, 2.75) is 0 Å². The molecule has 0 aliphatic carbocycles. The number of nitriles is 1. The van der Waals surface area contributed by atoms with E-state index in [1.807, 2.05) is 60.7 Å². The third-order valence-corrected chi connectivity index (χ3v) is 4.37. The molecule has 4 rings (SSSR count). The lowest BCUT2D eigenvalue weighted by Crippen LogP contribution is -1.85. The molecular formula is C22H16N2O. The monoisotopic (exact) mass is 324 g/mol. The largest absolute Gasteiger partial charge is 0.497 e. The van der Waals surface area contributed by atoms with Crippen molar-refractivity contribution in [1.82, 2.24) is 4.98 Å². The number of nitrogens with one attached hydrogen (secondary N) is 1. The Hall–Kier alpha value is -3.51. The van der Waals surface area contributed by atoms with Crippen LogP contribution in [0.1, 0.15) is 5.56 Å². The molecule has 0 unspecified atom stereocenters. The Morgan fingerprint density at radius 1 is 0.880 bits per heavy atom. The lowest BCUT2D eigenvalue weighted by Gasteiger charge is -2.07. The Bertz CT molecular complexity index is 1070. The fourth-order valence-electron chi connectivity index (χ4n) is 3.14. The van der Waals surface area contributed by atoms with Crippen molar-refractivity contribution >= 4 is 10.9 Å². The van der Waals surface area contributed by atoms with Crippen LogP contribution in [0.2, 0.25) is 0 Å². The van der Waals surface area contributed by atoms with E-state index in [0.29, 0.717) is 5.56 Å². The number of hydrogen-bond donors (Lipinski definition) is 1. The number of rotatable bonds is 3. The fourth-order valence-corrected chi connectivity index (χ4v) is 3.14. The van der Waals surface area contributed by atoms with Crippen LogP contribution in [0.5, 0.6) is 5.75 Å². The van der Waals surface area contributed by atoms with Crippen molar-refractivity contribution in [3.05, 3.63) is 78.4 Å². The summed E-state index contributed by atoms with van der Waals surface area (Å²) in [5.74, 6) is 0.822. The average Bonchev–Trinajstić information content (AvgIpc) is 3.07. The van der Waals surface area contributed by atoms with Crippen molar-refractivity contribution in [2.24, 2.45) is 0 Å². The summed E-state index contributed by atoms with van der Waals surface area (Å²) in [5, 5.41) is 10.3. The maximum absolute atomic E-state index is 9.27. The van der Waals surface area contributed by atoms with Crippen LogP contribution in [-0.4, -0.2) is 12.1 Å². The van der Waals surface area contributed by atoms with Gasteiger partial charge in [-0.1, -0.05) is 42.5 Å². The van der Waals surface area contributed by atoms with E-state index in [0.717, 1.165) is 39.0 Å². The molecule has 1 heterocycles. The minimum Gasteiger partial charge on any atom is -0.497 e. The molecule has 0 saturated carbocycles. The lowest BCUT2D eigenvalue weighted by molar-refractivity contribution is 0.415. The van der Waals surface area contributed by atoms with Gasteiger partial charge in [-0.15, -0.1) is 0 Å². The quantitative estimate of drug-likeness (QED) is 0.550. The number of methoxy groups -OCH3 is 1. The molecule has 0 aliphatic heterocycles. The summed E-state index contributed by atoms with van der Waals surface area (Å²) in [6.45, 7) is 0. The van der Waals surface area contributed by atoms with Gasteiger partial charge in [-0.05, 0) is 41.5 Å². The molecular weight excluding hydrogens is 308 g/mol. The van der Waals surface area contributed by atoms with Crippen molar-refractivity contribution in [3.8, 4) is 34.2 Å². The molecule has 3 nitrogen and oxygen atoms in total. The lowest BCUT2D eigenvalue weighted by atomic mass is 9.97. The molecule has 1 N–H and O–H groups in total. The van der Waals surface area contributed by atoms with E-state index >= 15 is 0 Å². The summed E-state index contributed by atoms with van der Waals surface area (Å²) in [4.78, 5) is 3.52. The standard InChI is InChI=1S/C22H16N2O/c1-25-18-10-8-16(9-11-18)21-19-13-15(14-23)7-12-20(19)24-22(21)17-5-3-2-4-6-17/h2-13,24H,1H3. The molecule has 25 heavy (non-hydrogen) atoms. The zero-order chi connectivity index (χ0) is 17.2. The van der Waals surface area contributed by atoms with Gasteiger partial charge in [0, 0.05) is 16.5 Å². The van der Waals surface area contributed by atoms with E-state index in [1.54, 1.807) is 7.11 Å². The van der Waals surface area contributed by atoms with Crippen LogP contribution >= 0.6 is 0 Å². The Balaban J connectivity index is 2.02. The number of ether oxygens (including phenoxy) is 1. The first-order chi connectivity index (χ1) is 12.3. The van der Waals surface area contributed by atoms with Crippen LogP contribution in [0.25, 0.3) is 33.3 Å². The summed E-state index contributed by atoms with van der Waals surface area (Å²) in [6.07, 6.45) is 0. The van der Waals surface area contributed by atoms with Gasteiger partial charge in [0.25, 0.3) is 0 Å². The Morgan fingerprint density at radius 2 is 1.64 bits per heavy atom. The van der Waals surface area contributed by atoms with Crippen LogP contribution in [0, 0.1) is 11.3 Å². The highest BCUT2D eigenvalue weighted by molar-refractivity contribution is 6.04. The predicted molar refractivity (Wildman–Crippen MR) is 100 cm³/mol. The number of H-pyrrole nitrogens is 1. The average molecular weight is 324 g/mol. The third-order valence-electron chi connectivity index (χ3n) is 4.37. The minimum absolute atomic E-state index is 0.654. The second-order valence-electron chi connectivity index (χ2n) is 5.84. The van der Waals surface area contributed by atoms with Crippen molar-refractivity contribution in [1.29, 1.82) is 5.26 Å². The van der Waals surface area contributed by atoms with Crippen LogP contribution < -0.4 is 4.74 Å². The summed E-state index contributed by atoms with van der Waals surface area (Å²) in [7, 11) is 1.66. The van der Waals surface area contributed by atoms with Crippen LogP contribution in [0.15, 0.2) is 72.8 Å². The molecule has 0 bridgehead atoms. The van der Waals surface area contributed by atoms with Crippen molar-refractivity contribution < 1.29 is 4.74 Å². The predicted octanol–water partition coefficient (Wildman–Crippen LogP) is 5.38. The van der Waals surface area contributed by atoms with E-state index in [4.69, 9.17) is 4.74 Å². The van der Waals surface area contributed by atoms with Gasteiger partial charge in [0.2, 0.25) is 0 Å². The van der Waals surface area contributed by atoms with Gasteiger partial charge >= 0.3 is 0 Å². The zero-order valence-electron chi connectivity index (χ0n) is 13.8. The summed E-state index contributed by atoms with van der Waals surface area (Å²) < 4.78 is 5.27. The normalized spacial score (nSPS) is 10.6. The van der Waals surface area contributed by atoms with Gasteiger partial charge in [-0.2, -0.15) is 5.26 Å². The number of nitrogens with zero attached hydrogens (tertiary/aromatic N) is 1. The van der Waals surface area contributed by atoms with Crippen molar-refractivity contribution in [2.75, 3.05) is 7.11 Å². The Kier molecular flexibility index (Phi) is 3.72. The number of fused-ring (bicyclic) bond motifs is 1. The Morgan fingerprint density at radius 3 is 2.32 bits per heavy atom. The summed E-state index contributed by atoms with van der Waals surface area (Å²) in [5.41, 5.74) is 6.02. The van der Waals surface area contributed by atoms with Gasteiger partial charge < -0.3 is 9.72 Å². The molecule has 0 amide bonds. The topological polar surface area (TPSA) is 48.8 Å². The van der Waals surface area contributed by atoms with Gasteiger partial charge in [-0.3, -0.25) is 0 Å². The molecule has 0 atom stereocenters. The van der Waals surface area contributed by atoms with E-state index in [-0.39, 0.29) is 0 Å². The molecule has 3 aromatic carbocycles. The molecule has 4 aromatic rings. The van der Waals surface area contributed by atoms with Crippen LogP contribution in [0.4, 0.5) is 0 Å². The van der Waals surface area contributed by atoms with Gasteiger partial charge in [0.05, 0.1) is 24.4 Å². The van der Waals surface area contributed by atoms with E-state index < -0.39 is 0 Å². The number of benzene rings is 3. The highest BCUT2D eigenvalue weighted by Crippen LogP contribution is 2.39. The molecule has 3 heteroatoms. The minimum atomic E-state index is 0.654. The number of hydrogen-bond acceptors (Lipinski definition) is 2. The molecule has 0 radical (unpaired) electrons. The highest BCUT2D eigenvalue weighted by atomic mass is 16.5. The molecule has 0 fully saturated rings. The zero-order valence-corrected chi connectivity index (χ0v) is 13.8. The van der Waals surface area contributed by atoms with Gasteiger partial charge in [-0.25, -0.2) is 0 Å². The maximum Gasteiger partial charge on any atom is 0.118 e. The molecule has 0 aliphatic rings. The first-order valence-electron chi connectivity index (χ1n) is 8.06. The molecule has 120 valence electrons.